The SMILES string of the molecule is CCOC(C)(C)CNc1ccc(N)cc1S(=O)(=O)NC. The number of nitrogen functional groups attached to an aromatic ring is 1. The van der Waals surface area contributed by atoms with Crippen LogP contribution >= 0.6 is 0 Å². The van der Waals surface area contributed by atoms with E-state index in [1.54, 1.807) is 12.1 Å². The van der Waals surface area contributed by atoms with Gasteiger partial charge >= 0.3 is 0 Å². The third-order valence-electron chi connectivity index (χ3n) is 2.80. The predicted molar refractivity (Wildman–Crippen MR) is 81.3 cm³/mol. The molecule has 0 spiro atoms. The van der Waals surface area contributed by atoms with E-state index in [0.717, 1.165) is 0 Å². The molecule has 0 atom stereocenters. The number of hydrogen-bond donors (Lipinski definition) is 3. The normalized spacial score (nSPS) is 12.4. The molecule has 20 heavy (non-hydrogen) atoms. The first-order chi connectivity index (χ1) is 9.22. The molecule has 4 N–H and O–H groups in total. The van der Waals surface area contributed by atoms with Crippen LogP contribution < -0.4 is 15.8 Å². The van der Waals surface area contributed by atoms with Crippen molar-refractivity contribution in [1.29, 1.82) is 0 Å². The van der Waals surface area contributed by atoms with Crippen LogP contribution in [0.15, 0.2) is 23.1 Å². The lowest BCUT2D eigenvalue weighted by Gasteiger charge is -2.26. The molecule has 0 radical (unpaired) electrons. The van der Waals surface area contributed by atoms with Gasteiger partial charge in [0.05, 0.1) is 11.3 Å². The van der Waals surface area contributed by atoms with Gasteiger partial charge in [-0.3, -0.25) is 0 Å². The lowest BCUT2D eigenvalue weighted by atomic mass is 10.1. The summed E-state index contributed by atoms with van der Waals surface area (Å²) in [6.07, 6.45) is 0. The molecule has 1 aromatic carbocycles. The van der Waals surface area contributed by atoms with Gasteiger partial charge in [-0.25, -0.2) is 13.1 Å². The molecule has 0 saturated heterocycles. The molecule has 1 aromatic rings. The summed E-state index contributed by atoms with van der Waals surface area (Å²) in [5.41, 5.74) is 6.17. The monoisotopic (exact) mass is 301 g/mol. The Morgan fingerprint density at radius 1 is 1.35 bits per heavy atom. The predicted octanol–water partition coefficient (Wildman–Crippen LogP) is 1.40. The van der Waals surface area contributed by atoms with Gasteiger partial charge in [0.1, 0.15) is 4.90 Å². The van der Waals surface area contributed by atoms with Gasteiger partial charge in [-0.15, -0.1) is 0 Å². The number of benzene rings is 1. The van der Waals surface area contributed by atoms with Crippen LogP contribution in [0, 0.1) is 0 Å². The summed E-state index contributed by atoms with van der Waals surface area (Å²) in [6, 6.07) is 4.74. The van der Waals surface area contributed by atoms with E-state index < -0.39 is 15.6 Å². The molecule has 0 aliphatic heterocycles. The summed E-state index contributed by atoms with van der Waals surface area (Å²) >= 11 is 0. The zero-order valence-electron chi connectivity index (χ0n) is 12.4. The van der Waals surface area contributed by atoms with Crippen molar-refractivity contribution < 1.29 is 13.2 Å². The minimum Gasteiger partial charge on any atom is -0.399 e. The highest BCUT2D eigenvalue weighted by Gasteiger charge is 2.21. The van der Waals surface area contributed by atoms with Crippen molar-refractivity contribution in [2.24, 2.45) is 0 Å². The van der Waals surface area contributed by atoms with Crippen molar-refractivity contribution in [3.05, 3.63) is 18.2 Å². The largest absolute Gasteiger partial charge is 0.399 e. The second-order valence-electron chi connectivity index (χ2n) is 5.01. The van der Waals surface area contributed by atoms with E-state index >= 15 is 0 Å². The second kappa shape index (κ2) is 6.43. The van der Waals surface area contributed by atoms with E-state index in [9.17, 15) is 8.42 Å². The summed E-state index contributed by atoms with van der Waals surface area (Å²) < 4.78 is 31.8. The molecular formula is C13H23N3O3S. The van der Waals surface area contributed by atoms with Crippen LogP contribution in [0.5, 0.6) is 0 Å². The Morgan fingerprint density at radius 3 is 2.55 bits per heavy atom. The van der Waals surface area contributed by atoms with Crippen LogP contribution in [0.4, 0.5) is 11.4 Å². The zero-order chi connectivity index (χ0) is 15.4. The maximum absolute atomic E-state index is 12.0. The molecule has 0 fully saturated rings. The Morgan fingerprint density at radius 2 is 2.00 bits per heavy atom. The fourth-order valence-corrected chi connectivity index (χ4v) is 2.71. The van der Waals surface area contributed by atoms with Crippen molar-refractivity contribution in [1.82, 2.24) is 4.72 Å². The number of sulfonamides is 1. The van der Waals surface area contributed by atoms with Crippen LogP contribution in [0.3, 0.4) is 0 Å². The fourth-order valence-electron chi connectivity index (χ4n) is 1.77. The van der Waals surface area contributed by atoms with Gasteiger partial charge < -0.3 is 15.8 Å². The first-order valence-electron chi connectivity index (χ1n) is 6.43. The Hall–Kier alpha value is -1.31. The van der Waals surface area contributed by atoms with Gasteiger partial charge in [-0.05, 0) is 46.0 Å². The molecule has 0 saturated carbocycles. The summed E-state index contributed by atoms with van der Waals surface area (Å²) in [7, 11) is -2.20. The summed E-state index contributed by atoms with van der Waals surface area (Å²) in [5, 5.41) is 3.11. The Bertz CT molecular complexity index is 556. The number of nitrogens with one attached hydrogen (secondary N) is 2. The molecule has 1 rings (SSSR count). The maximum atomic E-state index is 12.0. The van der Waals surface area contributed by atoms with Gasteiger partial charge in [-0.1, -0.05) is 0 Å². The molecule has 0 heterocycles. The smallest absolute Gasteiger partial charge is 0.242 e. The van der Waals surface area contributed by atoms with Crippen LogP contribution in [0.2, 0.25) is 0 Å². The number of nitrogens with two attached hydrogens (primary N) is 1. The number of ether oxygens (including phenoxy) is 1. The molecular weight excluding hydrogens is 278 g/mol. The number of rotatable bonds is 7. The standard InChI is InChI=1S/C13H23N3O3S/c1-5-19-13(2,3)9-16-11-7-6-10(14)8-12(11)20(17,18)15-4/h6-8,15-16H,5,9,14H2,1-4H3. The average Bonchev–Trinajstić information content (AvgIpc) is 2.37. The summed E-state index contributed by atoms with van der Waals surface area (Å²) in [5.74, 6) is 0. The van der Waals surface area contributed by atoms with E-state index in [1.807, 2.05) is 20.8 Å². The third-order valence-corrected chi connectivity index (χ3v) is 4.26. The molecule has 0 bridgehead atoms. The van der Waals surface area contributed by atoms with Crippen molar-refractivity contribution in [3.63, 3.8) is 0 Å². The summed E-state index contributed by atoms with van der Waals surface area (Å²) in [6.45, 7) is 6.87. The number of hydrogen-bond acceptors (Lipinski definition) is 5. The van der Waals surface area contributed by atoms with Gasteiger partial charge in [-0.2, -0.15) is 0 Å². The third kappa shape index (κ3) is 4.36. The van der Waals surface area contributed by atoms with Gasteiger partial charge in [0.2, 0.25) is 10.0 Å². The molecule has 0 aliphatic carbocycles. The van der Waals surface area contributed by atoms with Crippen molar-refractivity contribution >= 4 is 21.4 Å². The average molecular weight is 301 g/mol. The minimum absolute atomic E-state index is 0.132. The van der Waals surface area contributed by atoms with E-state index in [2.05, 4.69) is 10.0 Å². The van der Waals surface area contributed by atoms with Crippen LogP contribution in [0.25, 0.3) is 0 Å². The van der Waals surface area contributed by atoms with Crippen LogP contribution in [-0.4, -0.2) is 34.2 Å². The molecule has 0 aromatic heterocycles. The quantitative estimate of drug-likeness (QED) is 0.662. The minimum atomic E-state index is -3.56. The highest BCUT2D eigenvalue weighted by Crippen LogP contribution is 2.24. The van der Waals surface area contributed by atoms with Crippen molar-refractivity contribution in [2.45, 2.75) is 31.3 Å². The lowest BCUT2D eigenvalue weighted by Crippen LogP contribution is -2.34. The first-order valence-corrected chi connectivity index (χ1v) is 7.91. The topological polar surface area (TPSA) is 93.4 Å². The highest BCUT2D eigenvalue weighted by atomic mass is 32.2. The van der Waals surface area contributed by atoms with Crippen molar-refractivity contribution in [3.8, 4) is 0 Å². The zero-order valence-corrected chi connectivity index (χ0v) is 13.2. The molecule has 0 aliphatic rings. The lowest BCUT2D eigenvalue weighted by molar-refractivity contribution is 0.000661. The van der Waals surface area contributed by atoms with E-state index in [4.69, 9.17) is 10.5 Å². The molecule has 114 valence electrons. The van der Waals surface area contributed by atoms with E-state index in [1.165, 1.54) is 13.1 Å². The van der Waals surface area contributed by atoms with Gasteiger partial charge in [0, 0.05) is 18.8 Å². The van der Waals surface area contributed by atoms with Crippen molar-refractivity contribution in [2.75, 3.05) is 31.2 Å². The van der Waals surface area contributed by atoms with Crippen LogP contribution in [-0.2, 0) is 14.8 Å². The number of anilines is 2. The van der Waals surface area contributed by atoms with E-state index in [0.29, 0.717) is 24.5 Å². The fraction of sp³-hybridized carbons (Fsp3) is 0.538. The second-order valence-corrected chi connectivity index (χ2v) is 6.86. The molecule has 7 heteroatoms. The highest BCUT2D eigenvalue weighted by molar-refractivity contribution is 7.89. The molecule has 0 amide bonds. The van der Waals surface area contributed by atoms with Crippen LogP contribution in [0.1, 0.15) is 20.8 Å². The Balaban J connectivity index is 3.02. The van der Waals surface area contributed by atoms with Gasteiger partial charge in [0.25, 0.3) is 0 Å². The first kappa shape index (κ1) is 16.7. The Kier molecular flexibility index (Phi) is 5.38. The Labute approximate surface area is 120 Å². The molecule has 0 unspecified atom stereocenters. The van der Waals surface area contributed by atoms with Gasteiger partial charge in [0.15, 0.2) is 0 Å². The summed E-state index contributed by atoms with van der Waals surface area (Å²) in [4.78, 5) is 0.132. The molecule has 6 nitrogen and oxygen atoms in total. The van der Waals surface area contributed by atoms with E-state index in [-0.39, 0.29) is 4.90 Å². The maximum Gasteiger partial charge on any atom is 0.242 e.